The maximum atomic E-state index is 12.1. The first-order chi connectivity index (χ1) is 8.48. The van der Waals surface area contributed by atoms with E-state index in [2.05, 4.69) is 5.32 Å². The fraction of sp³-hybridized carbons (Fsp3) is 1.00. The van der Waals surface area contributed by atoms with Crippen LogP contribution >= 0.6 is 0 Å². The molecule has 1 heterocycles. The third-order valence-corrected chi connectivity index (χ3v) is 5.60. The van der Waals surface area contributed by atoms with Crippen molar-refractivity contribution in [2.45, 2.75) is 31.9 Å². The highest BCUT2D eigenvalue weighted by molar-refractivity contribution is 7.89. The molecule has 0 spiro atoms. The molecule has 6 heteroatoms. The van der Waals surface area contributed by atoms with E-state index < -0.39 is 10.0 Å². The van der Waals surface area contributed by atoms with Gasteiger partial charge in [0.15, 0.2) is 0 Å². The van der Waals surface area contributed by atoms with E-state index in [1.54, 1.807) is 25.3 Å². The minimum atomic E-state index is -3.09. The first kappa shape index (κ1) is 15.9. The molecule has 0 aromatic carbocycles. The van der Waals surface area contributed by atoms with Gasteiger partial charge in [0.25, 0.3) is 0 Å². The molecule has 1 rings (SSSR count). The van der Waals surface area contributed by atoms with Gasteiger partial charge in [0.2, 0.25) is 10.0 Å². The van der Waals surface area contributed by atoms with Crippen molar-refractivity contribution in [1.82, 2.24) is 9.62 Å². The number of methoxy groups -OCH3 is 1. The van der Waals surface area contributed by atoms with Crippen molar-refractivity contribution in [2.75, 3.05) is 39.9 Å². The number of rotatable bonds is 7. The van der Waals surface area contributed by atoms with Crippen LogP contribution in [0.1, 0.15) is 26.7 Å². The summed E-state index contributed by atoms with van der Waals surface area (Å²) in [5, 5.41) is 2.99. The van der Waals surface area contributed by atoms with Gasteiger partial charge in [-0.3, -0.25) is 0 Å². The first-order valence-corrected chi connectivity index (χ1v) is 8.17. The predicted molar refractivity (Wildman–Crippen MR) is 73.1 cm³/mol. The molecule has 0 aromatic heterocycles. The topological polar surface area (TPSA) is 58.6 Å². The fourth-order valence-electron chi connectivity index (χ4n) is 2.20. The van der Waals surface area contributed by atoms with Crippen molar-refractivity contribution in [3.63, 3.8) is 0 Å². The second-order valence-corrected chi connectivity index (χ2v) is 7.65. The van der Waals surface area contributed by atoms with E-state index in [1.165, 1.54) is 0 Å². The lowest BCUT2D eigenvalue weighted by Crippen LogP contribution is -2.45. The number of hydrogen-bond donors (Lipinski definition) is 1. The van der Waals surface area contributed by atoms with Crippen molar-refractivity contribution >= 4 is 10.0 Å². The first-order valence-electron chi connectivity index (χ1n) is 6.67. The number of hydrogen-bond acceptors (Lipinski definition) is 4. The number of nitrogens with one attached hydrogen (secondary N) is 1. The molecule has 0 saturated carbocycles. The maximum absolute atomic E-state index is 12.1. The van der Waals surface area contributed by atoms with Crippen LogP contribution in [0.4, 0.5) is 0 Å². The largest absolute Gasteiger partial charge is 0.383 e. The van der Waals surface area contributed by atoms with Crippen LogP contribution in [-0.4, -0.2) is 57.9 Å². The van der Waals surface area contributed by atoms with Crippen molar-refractivity contribution < 1.29 is 13.2 Å². The summed E-state index contributed by atoms with van der Waals surface area (Å²) in [6.45, 7) is 7.21. The third-order valence-electron chi connectivity index (χ3n) is 3.35. The van der Waals surface area contributed by atoms with E-state index in [-0.39, 0.29) is 5.25 Å². The molecule has 1 saturated heterocycles. The summed E-state index contributed by atoms with van der Waals surface area (Å²) in [6.07, 6.45) is 2.06. The van der Waals surface area contributed by atoms with Gasteiger partial charge in [-0.1, -0.05) is 0 Å². The molecule has 5 nitrogen and oxygen atoms in total. The zero-order valence-electron chi connectivity index (χ0n) is 11.7. The monoisotopic (exact) mass is 278 g/mol. The minimum absolute atomic E-state index is 0.322. The Bertz CT molecular complexity index is 330. The van der Waals surface area contributed by atoms with E-state index in [0.717, 1.165) is 25.9 Å². The van der Waals surface area contributed by atoms with Gasteiger partial charge < -0.3 is 10.1 Å². The van der Waals surface area contributed by atoms with Gasteiger partial charge in [-0.25, -0.2) is 12.7 Å². The molecule has 0 amide bonds. The SMILES string of the molecule is COCCNCC1CCCN(S(=O)(=O)C(C)C)C1. The Labute approximate surface area is 111 Å². The summed E-state index contributed by atoms with van der Waals surface area (Å²) in [5.74, 6) is 0.420. The molecule has 0 radical (unpaired) electrons. The number of ether oxygens (including phenoxy) is 1. The number of sulfonamides is 1. The van der Waals surface area contributed by atoms with Gasteiger partial charge in [-0.15, -0.1) is 0 Å². The summed E-state index contributed by atoms with van der Waals surface area (Å²) in [5.41, 5.74) is 0. The van der Waals surface area contributed by atoms with Crippen molar-refractivity contribution in [3.8, 4) is 0 Å². The minimum Gasteiger partial charge on any atom is -0.383 e. The molecule has 0 aromatic rings. The standard InChI is InChI=1S/C12H26N2O3S/c1-11(2)18(15,16)14-7-4-5-12(10-14)9-13-6-8-17-3/h11-13H,4-10H2,1-3H3. The van der Waals surface area contributed by atoms with Gasteiger partial charge in [0, 0.05) is 26.7 Å². The van der Waals surface area contributed by atoms with Crippen molar-refractivity contribution in [1.29, 1.82) is 0 Å². The van der Waals surface area contributed by atoms with E-state index in [9.17, 15) is 8.42 Å². The lowest BCUT2D eigenvalue weighted by molar-refractivity contribution is 0.193. The van der Waals surface area contributed by atoms with Gasteiger partial charge >= 0.3 is 0 Å². The van der Waals surface area contributed by atoms with Crippen molar-refractivity contribution in [2.24, 2.45) is 5.92 Å². The molecule has 0 bridgehead atoms. The molecular weight excluding hydrogens is 252 g/mol. The van der Waals surface area contributed by atoms with Gasteiger partial charge in [-0.2, -0.15) is 0 Å². The summed E-state index contributed by atoms with van der Waals surface area (Å²) < 4.78 is 30.8. The average Bonchev–Trinajstić information content (AvgIpc) is 2.35. The Balaban J connectivity index is 2.41. The Kier molecular flexibility index (Phi) is 6.55. The van der Waals surface area contributed by atoms with Gasteiger partial charge in [0.05, 0.1) is 11.9 Å². The molecule has 1 N–H and O–H groups in total. The second-order valence-electron chi connectivity index (χ2n) is 5.16. The summed E-state index contributed by atoms with van der Waals surface area (Å²) >= 11 is 0. The molecule has 108 valence electrons. The zero-order valence-corrected chi connectivity index (χ0v) is 12.5. The molecule has 1 aliphatic rings. The number of piperidine rings is 1. The molecule has 1 atom stereocenters. The van der Waals surface area contributed by atoms with Crippen LogP contribution in [0.15, 0.2) is 0 Å². The van der Waals surface area contributed by atoms with Crippen molar-refractivity contribution in [3.05, 3.63) is 0 Å². The summed E-state index contributed by atoms with van der Waals surface area (Å²) in [4.78, 5) is 0. The molecule has 1 aliphatic heterocycles. The van der Waals surface area contributed by atoms with Crippen LogP contribution < -0.4 is 5.32 Å². The van der Waals surface area contributed by atoms with Gasteiger partial charge in [-0.05, 0) is 39.2 Å². The van der Waals surface area contributed by atoms with E-state index >= 15 is 0 Å². The normalized spacial score (nSPS) is 22.6. The summed E-state index contributed by atoms with van der Waals surface area (Å²) in [7, 11) is -1.41. The predicted octanol–water partition coefficient (Wildman–Crippen LogP) is 0.673. The Morgan fingerprint density at radius 3 is 2.78 bits per heavy atom. The van der Waals surface area contributed by atoms with E-state index in [0.29, 0.717) is 25.6 Å². The second kappa shape index (κ2) is 7.43. The lowest BCUT2D eigenvalue weighted by atomic mass is 10.00. The molecule has 0 aliphatic carbocycles. The molecular formula is C12H26N2O3S. The molecule has 18 heavy (non-hydrogen) atoms. The molecule has 1 fully saturated rings. The Morgan fingerprint density at radius 1 is 1.44 bits per heavy atom. The quantitative estimate of drug-likeness (QED) is 0.696. The Hall–Kier alpha value is -0.170. The van der Waals surface area contributed by atoms with E-state index in [1.807, 2.05) is 0 Å². The Morgan fingerprint density at radius 2 is 2.17 bits per heavy atom. The highest BCUT2D eigenvalue weighted by atomic mass is 32.2. The smallest absolute Gasteiger partial charge is 0.216 e. The highest BCUT2D eigenvalue weighted by Crippen LogP contribution is 2.20. The number of nitrogens with zero attached hydrogens (tertiary/aromatic N) is 1. The maximum Gasteiger partial charge on any atom is 0.216 e. The van der Waals surface area contributed by atoms with Crippen LogP contribution in [-0.2, 0) is 14.8 Å². The zero-order chi connectivity index (χ0) is 13.6. The van der Waals surface area contributed by atoms with Crippen LogP contribution in [0.25, 0.3) is 0 Å². The van der Waals surface area contributed by atoms with Crippen LogP contribution in [0.2, 0.25) is 0 Å². The fourth-order valence-corrected chi connectivity index (χ4v) is 3.60. The van der Waals surface area contributed by atoms with Crippen LogP contribution in [0, 0.1) is 5.92 Å². The summed E-state index contributed by atoms with van der Waals surface area (Å²) in [6, 6.07) is 0. The van der Waals surface area contributed by atoms with E-state index in [4.69, 9.17) is 4.74 Å². The third kappa shape index (κ3) is 4.50. The lowest BCUT2D eigenvalue weighted by Gasteiger charge is -2.33. The average molecular weight is 278 g/mol. The highest BCUT2D eigenvalue weighted by Gasteiger charge is 2.30. The molecule has 1 unspecified atom stereocenters. The van der Waals surface area contributed by atoms with Gasteiger partial charge in [0.1, 0.15) is 0 Å². The van der Waals surface area contributed by atoms with Crippen LogP contribution in [0.3, 0.4) is 0 Å². The van der Waals surface area contributed by atoms with Crippen LogP contribution in [0.5, 0.6) is 0 Å².